The highest BCUT2D eigenvalue weighted by atomic mass is 79.9. The molecule has 4 rings (SSSR count). The summed E-state index contributed by atoms with van der Waals surface area (Å²) in [6.07, 6.45) is 4.15. The molecule has 0 aliphatic carbocycles. The van der Waals surface area contributed by atoms with Gasteiger partial charge in [-0.05, 0) is 69.9 Å². The molecule has 8 heteroatoms. The van der Waals surface area contributed by atoms with Crippen LogP contribution in [0.25, 0.3) is 17.0 Å². The lowest BCUT2D eigenvalue weighted by molar-refractivity contribution is -0.117. The summed E-state index contributed by atoms with van der Waals surface area (Å²) < 4.78 is 6.54. The largest absolute Gasteiger partial charge is 0.488 e. The molecule has 0 bridgehead atoms. The van der Waals surface area contributed by atoms with E-state index >= 15 is 0 Å². The Hall–Kier alpha value is -3.24. The summed E-state index contributed by atoms with van der Waals surface area (Å²) in [7, 11) is 0. The number of ether oxygens (including phenoxy) is 1. The maximum Gasteiger partial charge on any atom is 0.261 e. The molecule has 35 heavy (non-hydrogen) atoms. The number of H-pyrrole nitrogens is 1. The average Bonchev–Trinajstić information content (AvgIpc) is 3.26. The molecular weight excluding hydrogens is 549 g/mol. The Balaban J connectivity index is 1.37. The highest BCUT2D eigenvalue weighted by Gasteiger charge is 2.11. The summed E-state index contributed by atoms with van der Waals surface area (Å²) in [5.74, 6) is 0.191. The van der Waals surface area contributed by atoms with Crippen molar-refractivity contribution in [2.75, 3.05) is 6.54 Å². The summed E-state index contributed by atoms with van der Waals surface area (Å²) in [6.45, 7) is 0.690. The van der Waals surface area contributed by atoms with Crippen molar-refractivity contribution in [3.63, 3.8) is 0 Å². The van der Waals surface area contributed by atoms with Crippen LogP contribution in [-0.4, -0.2) is 17.4 Å². The van der Waals surface area contributed by atoms with Gasteiger partial charge in [0.1, 0.15) is 24.0 Å². The van der Waals surface area contributed by atoms with Crippen molar-refractivity contribution in [2.45, 2.75) is 13.0 Å². The van der Waals surface area contributed by atoms with Crippen LogP contribution in [0.1, 0.15) is 16.7 Å². The predicted molar refractivity (Wildman–Crippen MR) is 144 cm³/mol. The number of aromatic nitrogens is 1. The molecule has 4 aromatic rings. The first-order chi connectivity index (χ1) is 16.9. The minimum Gasteiger partial charge on any atom is -0.488 e. The number of aromatic amines is 1. The second-order valence-electron chi connectivity index (χ2n) is 7.75. The number of benzene rings is 3. The normalized spacial score (nSPS) is 11.3. The van der Waals surface area contributed by atoms with Crippen LogP contribution in [0.4, 0.5) is 0 Å². The van der Waals surface area contributed by atoms with Gasteiger partial charge in [0.05, 0.1) is 4.47 Å². The van der Waals surface area contributed by atoms with Gasteiger partial charge in [-0.1, -0.05) is 53.5 Å². The van der Waals surface area contributed by atoms with Gasteiger partial charge >= 0.3 is 0 Å². The van der Waals surface area contributed by atoms with Gasteiger partial charge < -0.3 is 15.0 Å². The summed E-state index contributed by atoms with van der Waals surface area (Å²) in [5, 5.41) is 14.6. The van der Waals surface area contributed by atoms with Gasteiger partial charge in [0.25, 0.3) is 5.91 Å². The van der Waals surface area contributed by atoms with Gasteiger partial charge in [-0.25, -0.2) is 0 Å². The molecule has 0 fully saturated rings. The third-order valence-corrected chi connectivity index (χ3v) is 6.59. The fraction of sp³-hybridized carbons (Fsp3) is 0.111. The zero-order valence-corrected chi connectivity index (χ0v) is 21.5. The Morgan fingerprint density at radius 1 is 1.11 bits per heavy atom. The molecule has 0 saturated carbocycles. The quantitative estimate of drug-likeness (QED) is 0.176. The minimum absolute atomic E-state index is 0.0254. The highest BCUT2D eigenvalue weighted by molar-refractivity contribution is 9.10. The molecule has 0 radical (unpaired) electrons. The van der Waals surface area contributed by atoms with Crippen LogP contribution >= 0.6 is 39.1 Å². The zero-order valence-electron chi connectivity index (χ0n) is 18.4. The first-order valence-corrected chi connectivity index (χ1v) is 12.3. The SMILES string of the molecule is N#C/C(=C/c1ccc(OCc2ccc(Cl)cc2Cl)c(Br)c1)C(=O)NCCc1c[nH]c2ccccc12. The Bertz CT molecular complexity index is 1460. The molecule has 1 aromatic heterocycles. The first kappa shape index (κ1) is 24.9. The number of nitrogens with one attached hydrogen (secondary N) is 2. The van der Waals surface area contributed by atoms with E-state index in [4.69, 9.17) is 27.9 Å². The third kappa shape index (κ3) is 6.26. The number of fused-ring (bicyclic) bond motifs is 1. The smallest absolute Gasteiger partial charge is 0.261 e. The Morgan fingerprint density at radius 2 is 1.94 bits per heavy atom. The number of nitrogens with zero attached hydrogens (tertiary/aromatic N) is 1. The molecule has 176 valence electrons. The predicted octanol–water partition coefficient (Wildman–Crippen LogP) is 7.08. The lowest BCUT2D eigenvalue weighted by Gasteiger charge is -2.10. The van der Waals surface area contributed by atoms with Crippen LogP contribution in [0.3, 0.4) is 0 Å². The van der Waals surface area contributed by atoms with Crippen molar-refractivity contribution in [2.24, 2.45) is 0 Å². The van der Waals surface area contributed by atoms with Gasteiger partial charge in [0.15, 0.2) is 0 Å². The molecule has 0 atom stereocenters. The third-order valence-electron chi connectivity index (χ3n) is 5.39. The number of halogens is 3. The van der Waals surface area contributed by atoms with Crippen LogP contribution < -0.4 is 10.1 Å². The van der Waals surface area contributed by atoms with Crippen LogP contribution in [0, 0.1) is 11.3 Å². The Morgan fingerprint density at radius 3 is 2.71 bits per heavy atom. The number of hydrogen-bond donors (Lipinski definition) is 2. The molecule has 0 spiro atoms. The monoisotopic (exact) mass is 567 g/mol. The number of carbonyl (C=O) groups excluding carboxylic acids is 1. The zero-order chi connectivity index (χ0) is 24.8. The fourth-order valence-corrected chi connectivity index (χ4v) is 4.55. The minimum atomic E-state index is -0.416. The van der Waals surface area contributed by atoms with E-state index in [1.807, 2.05) is 42.6 Å². The first-order valence-electron chi connectivity index (χ1n) is 10.8. The maximum absolute atomic E-state index is 12.6. The van der Waals surface area contributed by atoms with Crippen LogP contribution in [-0.2, 0) is 17.8 Å². The van der Waals surface area contributed by atoms with Crippen molar-refractivity contribution in [3.8, 4) is 11.8 Å². The summed E-state index contributed by atoms with van der Waals surface area (Å²) >= 11 is 15.6. The number of hydrogen-bond acceptors (Lipinski definition) is 3. The number of rotatable bonds is 8. The summed E-state index contributed by atoms with van der Waals surface area (Å²) in [5.41, 5.74) is 3.70. The van der Waals surface area contributed by atoms with E-state index < -0.39 is 5.91 Å². The van der Waals surface area contributed by atoms with E-state index in [0.29, 0.717) is 38.8 Å². The summed E-state index contributed by atoms with van der Waals surface area (Å²) in [4.78, 5) is 15.8. The van der Waals surface area contributed by atoms with E-state index in [1.165, 1.54) is 0 Å². The highest BCUT2D eigenvalue weighted by Crippen LogP contribution is 2.29. The lowest BCUT2D eigenvalue weighted by Crippen LogP contribution is -2.26. The van der Waals surface area contributed by atoms with E-state index in [1.54, 1.807) is 36.4 Å². The van der Waals surface area contributed by atoms with E-state index in [9.17, 15) is 10.1 Å². The van der Waals surface area contributed by atoms with E-state index in [0.717, 1.165) is 22.0 Å². The van der Waals surface area contributed by atoms with Crippen molar-refractivity contribution in [1.29, 1.82) is 5.26 Å². The summed E-state index contributed by atoms with van der Waals surface area (Å²) in [6, 6.07) is 20.6. The number of nitriles is 1. The molecule has 3 aromatic carbocycles. The fourth-order valence-electron chi connectivity index (χ4n) is 3.58. The van der Waals surface area contributed by atoms with Gasteiger partial charge in [-0.3, -0.25) is 4.79 Å². The topological polar surface area (TPSA) is 77.9 Å². The second kappa shape index (κ2) is 11.5. The van der Waals surface area contributed by atoms with Crippen molar-refractivity contribution in [1.82, 2.24) is 10.3 Å². The molecule has 0 aliphatic heterocycles. The lowest BCUT2D eigenvalue weighted by atomic mass is 10.1. The molecule has 1 amide bonds. The molecular formula is C27H20BrCl2N3O2. The molecule has 5 nitrogen and oxygen atoms in total. The number of amides is 1. The molecule has 0 saturated heterocycles. The Kier molecular flexibility index (Phi) is 8.14. The standard InChI is InChI=1S/C27H20BrCl2N3O2/c28-23-12-17(5-8-26(23)35-16-19-6-7-21(29)13-24(19)30)11-20(14-31)27(34)32-10-9-18-15-33-25-4-2-1-3-22(18)25/h1-8,11-13,15,33H,9-10,16H2,(H,32,34)/b20-11-. The van der Waals surface area contributed by atoms with Gasteiger partial charge in [0.2, 0.25) is 0 Å². The van der Waals surface area contributed by atoms with Gasteiger partial charge in [-0.15, -0.1) is 0 Å². The molecule has 0 aliphatic rings. The van der Waals surface area contributed by atoms with Crippen LogP contribution in [0.15, 0.2) is 76.9 Å². The second-order valence-corrected chi connectivity index (χ2v) is 9.45. The number of carbonyl (C=O) groups is 1. The van der Waals surface area contributed by atoms with Gasteiger partial charge in [0, 0.05) is 39.3 Å². The molecule has 2 N–H and O–H groups in total. The Labute approximate surface area is 221 Å². The maximum atomic E-state index is 12.6. The number of para-hydroxylation sites is 1. The van der Waals surface area contributed by atoms with E-state index in [-0.39, 0.29) is 12.2 Å². The van der Waals surface area contributed by atoms with Crippen LogP contribution in [0.2, 0.25) is 10.0 Å². The van der Waals surface area contributed by atoms with Crippen molar-refractivity contribution >= 4 is 62.0 Å². The molecule has 1 heterocycles. The van der Waals surface area contributed by atoms with Crippen molar-refractivity contribution < 1.29 is 9.53 Å². The van der Waals surface area contributed by atoms with Crippen molar-refractivity contribution in [3.05, 3.63) is 104 Å². The van der Waals surface area contributed by atoms with Crippen LogP contribution in [0.5, 0.6) is 5.75 Å². The van der Waals surface area contributed by atoms with Gasteiger partial charge in [-0.2, -0.15) is 5.26 Å². The molecule has 0 unspecified atom stereocenters. The average molecular weight is 569 g/mol. The van der Waals surface area contributed by atoms with E-state index in [2.05, 4.69) is 26.2 Å².